The van der Waals surface area contributed by atoms with Crippen LogP contribution in [0.2, 0.25) is 0 Å². The number of carbonyl (C=O) groups is 2. The summed E-state index contributed by atoms with van der Waals surface area (Å²) in [5.41, 5.74) is 3.00. The Morgan fingerprint density at radius 3 is 2.43 bits per heavy atom. The molecule has 8 heteroatoms. The third-order valence-corrected chi connectivity index (χ3v) is 6.68. The average molecular weight is 433 g/mol. The highest BCUT2D eigenvalue weighted by Crippen LogP contribution is 2.32. The predicted octanol–water partition coefficient (Wildman–Crippen LogP) is 2.48. The monoisotopic (exact) mass is 432 g/mol. The molecule has 2 N–H and O–H groups in total. The molecule has 1 aliphatic heterocycles. The van der Waals surface area contributed by atoms with E-state index in [0.717, 1.165) is 30.4 Å². The SMILES string of the molecule is CCOC(=O)N1CC[NH+](Cc2c(NC(=O)c3ccc(OC)cc3)sc(C)c2C)CC1. The van der Waals surface area contributed by atoms with Gasteiger partial charge in [0.05, 0.1) is 39.9 Å². The lowest BCUT2D eigenvalue weighted by Gasteiger charge is -2.31. The summed E-state index contributed by atoms with van der Waals surface area (Å²) in [7, 11) is 1.60. The Bertz CT molecular complexity index is 887. The van der Waals surface area contributed by atoms with Gasteiger partial charge >= 0.3 is 6.09 Å². The van der Waals surface area contributed by atoms with E-state index in [4.69, 9.17) is 9.47 Å². The number of thiophene rings is 1. The van der Waals surface area contributed by atoms with Crippen LogP contribution in [0.25, 0.3) is 0 Å². The van der Waals surface area contributed by atoms with Gasteiger partial charge in [0.15, 0.2) is 0 Å². The van der Waals surface area contributed by atoms with E-state index < -0.39 is 0 Å². The van der Waals surface area contributed by atoms with Gasteiger partial charge in [-0.05, 0) is 50.6 Å². The van der Waals surface area contributed by atoms with Gasteiger partial charge in [-0.15, -0.1) is 11.3 Å². The molecule has 0 aliphatic carbocycles. The van der Waals surface area contributed by atoms with Crippen LogP contribution in [0, 0.1) is 13.8 Å². The molecule has 0 bridgehead atoms. The zero-order valence-electron chi connectivity index (χ0n) is 18.0. The Balaban J connectivity index is 1.66. The fourth-order valence-electron chi connectivity index (χ4n) is 3.55. The van der Waals surface area contributed by atoms with Gasteiger partial charge in [-0.2, -0.15) is 0 Å². The molecule has 7 nitrogen and oxygen atoms in total. The number of ether oxygens (including phenoxy) is 2. The molecule has 2 amide bonds. The number of aryl methyl sites for hydroxylation is 1. The first-order valence-electron chi connectivity index (χ1n) is 10.2. The van der Waals surface area contributed by atoms with E-state index in [1.165, 1.54) is 20.9 Å². The molecule has 0 radical (unpaired) electrons. The maximum absolute atomic E-state index is 12.7. The van der Waals surface area contributed by atoms with Crippen LogP contribution in [0.5, 0.6) is 5.75 Å². The number of rotatable bonds is 6. The highest BCUT2D eigenvalue weighted by molar-refractivity contribution is 7.16. The average Bonchev–Trinajstić information content (AvgIpc) is 3.01. The van der Waals surface area contributed by atoms with Gasteiger partial charge in [-0.1, -0.05) is 0 Å². The first-order chi connectivity index (χ1) is 14.4. The van der Waals surface area contributed by atoms with E-state index in [0.29, 0.717) is 25.3 Å². The normalized spacial score (nSPS) is 14.5. The maximum Gasteiger partial charge on any atom is 0.410 e. The Morgan fingerprint density at radius 2 is 1.83 bits per heavy atom. The van der Waals surface area contributed by atoms with E-state index in [9.17, 15) is 9.59 Å². The fraction of sp³-hybridized carbons (Fsp3) is 0.455. The van der Waals surface area contributed by atoms with Crippen molar-refractivity contribution in [3.8, 4) is 5.75 Å². The third kappa shape index (κ3) is 5.12. The van der Waals surface area contributed by atoms with Crippen molar-refractivity contribution in [2.24, 2.45) is 0 Å². The van der Waals surface area contributed by atoms with Gasteiger partial charge < -0.3 is 19.7 Å². The Labute approximate surface area is 181 Å². The van der Waals surface area contributed by atoms with Crippen molar-refractivity contribution in [3.05, 3.63) is 45.8 Å². The van der Waals surface area contributed by atoms with E-state index >= 15 is 0 Å². The van der Waals surface area contributed by atoms with Crippen molar-refractivity contribution in [2.45, 2.75) is 27.3 Å². The summed E-state index contributed by atoms with van der Waals surface area (Å²) < 4.78 is 10.3. The highest BCUT2D eigenvalue weighted by atomic mass is 32.1. The number of amides is 2. The van der Waals surface area contributed by atoms with Gasteiger partial charge in [0.1, 0.15) is 17.3 Å². The van der Waals surface area contributed by atoms with Gasteiger partial charge in [-0.25, -0.2) is 4.79 Å². The molecule has 2 aromatic rings. The number of hydrogen-bond donors (Lipinski definition) is 2. The first kappa shape index (κ1) is 22.1. The fourth-order valence-corrected chi connectivity index (χ4v) is 4.63. The summed E-state index contributed by atoms with van der Waals surface area (Å²) in [6.07, 6.45) is -0.230. The van der Waals surface area contributed by atoms with E-state index in [1.54, 1.807) is 47.6 Å². The first-order valence-corrected chi connectivity index (χ1v) is 11.0. The van der Waals surface area contributed by atoms with Crippen LogP contribution in [0.4, 0.5) is 9.80 Å². The molecule has 0 spiro atoms. The van der Waals surface area contributed by atoms with Crippen molar-refractivity contribution in [1.29, 1.82) is 0 Å². The number of anilines is 1. The molecule has 0 saturated carbocycles. The second-order valence-corrected chi connectivity index (χ2v) is 8.61. The molecule has 1 aliphatic rings. The van der Waals surface area contributed by atoms with Crippen LogP contribution >= 0.6 is 11.3 Å². The molecule has 1 aromatic heterocycles. The molecule has 30 heavy (non-hydrogen) atoms. The summed E-state index contributed by atoms with van der Waals surface area (Å²) in [5.74, 6) is 0.600. The number of nitrogens with one attached hydrogen (secondary N) is 2. The summed E-state index contributed by atoms with van der Waals surface area (Å²) in [5, 5.41) is 4.01. The zero-order chi connectivity index (χ0) is 21.7. The molecule has 1 saturated heterocycles. The lowest BCUT2D eigenvalue weighted by molar-refractivity contribution is -0.917. The minimum atomic E-state index is -0.230. The zero-order valence-corrected chi connectivity index (χ0v) is 18.9. The van der Waals surface area contributed by atoms with Crippen LogP contribution in [0.15, 0.2) is 24.3 Å². The molecular weight excluding hydrogens is 402 g/mol. The standard InChI is InChI=1S/C22H29N3O4S/c1-5-29-22(27)25-12-10-24(11-13-25)14-19-15(2)16(3)30-21(19)23-20(26)17-6-8-18(28-4)9-7-17/h6-9H,5,10-14H2,1-4H3,(H,23,26)/p+1. The van der Waals surface area contributed by atoms with Crippen molar-refractivity contribution < 1.29 is 24.0 Å². The number of piperazine rings is 1. The third-order valence-electron chi connectivity index (χ3n) is 5.51. The van der Waals surface area contributed by atoms with Crippen molar-refractivity contribution >= 4 is 28.3 Å². The number of benzene rings is 1. The topological polar surface area (TPSA) is 72.3 Å². The predicted molar refractivity (Wildman–Crippen MR) is 118 cm³/mol. The van der Waals surface area contributed by atoms with E-state index in [2.05, 4.69) is 19.2 Å². The Kier molecular flexibility index (Phi) is 7.33. The molecule has 162 valence electrons. The molecular formula is C22H30N3O4S+. The maximum atomic E-state index is 12.7. The van der Waals surface area contributed by atoms with Crippen LogP contribution in [0.3, 0.4) is 0 Å². The summed E-state index contributed by atoms with van der Waals surface area (Å²) in [6, 6.07) is 7.10. The molecule has 1 aromatic carbocycles. The van der Waals surface area contributed by atoms with E-state index in [-0.39, 0.29) is 12.0 Å². The number of carbonyl (C=O) groups excluding carboxylic acids is 2. The van der Waals surface area contributed by atoms with Crippen molar-refractivity contribution in [1.82, 2.24) is 4.90 Å². The molecule has 3 rings (SSSR count). The van der Waals surface area contributed by atoms with Gasteiger partial charge in [0.25, 0.3) is 5.91 Å². The lowest BCUT2D eigenvalue weighted by atomic mass is 10.1. The van der Waals surface area contributed by atoms with Crippen LogP contribution < -0.4 is 15.0 Å². The number of nitrogens with zero attached hydrogens (tertiary/aromatic N) is 1. The Hall–Kier alpha value is -2.58. The minimum absolute atomic E-state index is 0.123. The number of methoxy groups -OCH3 is 1. The highest BCUT2D eigenvalue weighted by Gasteiger charge is 2.27. The largest absolute Gasteiger partial charge is 0.497 e. The quantitative estimate of drug-likeness (QED) is 0.736. The van der Waals surface area contributed by atoms with Gasteiger partial charge in [0, 0.05) is 16.0 Å². The second-order valence-electron chi connectivity index (χ2n) is 7.39. The van der Waals surface area contributed by atoms with Crippen LogP contribution in [-0.4, -0.2) is 56.8 Å². The number of quaternary nitrogens is 1. The number of hydrogen-bond acceptors (Lipinski definition) is 5. The van der Waals surface area contributed by atoms with E-state index in [1.807, 2.05) is 6.92 Å². The van der Waals surface area contributed by atoms with Crippen molar-refractivity contribution in [2.75, 3.05) is 45.2 Å². The lowest BCUT2D eigenvalue weighted by Crippen LogP contribution is -3.13. The second kappa shape index (κ2) is 9.95. The molecule has 0 atom stereocenters. The minimum Gasteiger partial charge on any atom is -0.497 e. The van der Waals surface area contributed by atoms with Crippen molar-refractivity contribution in [3.63, 3.8) is 0 Å². The molecule has 1 fully saturated rings. The summed E-state index contributed by atoms with van der Waals surface area (Å²) >= 11 is 1.62. The van der Waals surface area contributed by atoms with Gasteiger partial charge in [-0.3, -0.25) is 9.69 Å². The smallest absolute Gasteiger partial charge is 0.410 e. The van der Waals surface area contributed by atoms with Gasteiger partial charge in [0.2, 0.25) is 0 Å². The molecule has 2 heterocycles. The summed E-state index contributed by atoms with van der Waals surface area (Å²) in [4.78, 5) is 29.0. The summed E-state index contributed by atoms with van der Waals surface area (Å²) in [6.45, 7) is 10.3. The Morgan fingerprint density at radius 1 is 1.17 bits per heavy atom. The molecule has 0 unspecified atom stereocenters. The van der Waals surface area contributed by atoms with Crippen LogP contribution in [-0.2, 0) is 11.3 Å². The van der Waals surface area contributed by atoms with Crippen LogP contribution in [0.1, 0.15) is 33.3 Å².